The molecule has 4 rings (SSSR count). The Labute approximate surface area is 288 Å². The van der Waals surface area contributed by atoms with Gasteiger partial charge in [-0.05, 0) is 49.2 Å². The van der Waals surface area contributed by atoms with Crippen molar-refractivity contribution in [3.8, 4) is 11.5 Å². The van der Waals surface area contributed by atoms with Gasteiger partial charge in [-0.3, -0.25) is 9.10 Å². The number of carbonyl (C=O) groups excluding carboxylic acids is 1. The van der Waals surface area contributed by atoms with E-state index in [1.54, 1.807) is 44.2 Å². The van der Waals surface area contributed by atoms with Crippen LogP contribution in [0.25, 0.3) is 0 Å². The minimum absolute atomic E-state index is 0.00585. The van der Waals surface area contributed by atoms with Crippen molar-refractivity contribution in [2.45, 2.75) is 25.3 Å². The van der Waals surface area contributed by atoms with Crippen LogP contribution in [0.3, 0.4) is 0 Å². The van der Waals surface area contributed by atoms with Gasteiger partial charge < -0.3 is 19.1 Å². The van der Waals surface area contributed by atoms with Gasteiger partial charge in [-0.15, -0.1) is 0 Å². The van der Waals surface area contributed by atoms with Crippen molar-refractivity contribution in [3.63, 3.8) is 0 Å². The predicted molar refractivity (Wildman–Crippen MR) is 183 cm³/mol. The summed E-state index contributed by atoms with van der Waals surface area (Å²) >= 11 is 25.6. The molecule has 0 N–H and O–H groups in total. The highest BCUT2D eigenvalue weighted by atomic mass is 35.5. The fraction of sp³-hybridized carbons (Fsp3) is 0.250. The zero-order valence-electron chi connectivity index (χ0n) is 25.2. The average Bonchev–Trinajstić information content (AvgIpc) is 3.03. The fourth-order valence-corrected chi connectivity index (χ4v) is 7.15. The zero-order valence-corrected chi connectivity index (χ0v) is 29.0. The number of benzene rings is 3. The number of ether oxygens (including phenoxy) is 3. The van der Waals surface area contributed by atoms with Gasteiger partial charge in [0, 0.05) is 12.6 Å². The number of hydrogen-bond acceptors (Lipinski definition) is 8. The smallest absolute Gasteiger partial charge is 0.326 e. The molecule has 4 aromatic rings. The third-order valence-electron chi connectivity index (χ3n) is 6.68. The second kappa shape index (κ2) is 15.9. The lowest BCUT2D eigenvalue weighted by atomic mass is 10.2. The van der Waals surface area contributed by atoms with Gasteiger partial charge in [0.05, 0.1) is 31.6 Å². The Morgan fingerprint density at radius 2 is 1.57 bits per heavy atom. The molecular weight excluding hydrogens is 696 g/mol. The maximum Gasteiger partial charge on any atom is 0.326 e. The van der Waals surface area contributed by atoms with Crippen LogP contribution in [0.4, 0.5) is 11.4 Å². The van der Waals surface area contributed by atoms with Crippen LogP contribution in [0.5, 0.6) is 11.5 Å². The van der Waals surface area contributed by atoms with Crippen molar-refractivity contribution < 1.29 is 27.4 Å². The van der Waals surface area contributed by atoms with Crippen molar-refractivity contribution >= 4 is 73.8 Å². The lowest BCUT2D eigenvalue weighted by molar-refractivity contribution is -0.141. The van der Waals surface area contributed by atoms with Crippen molar-refractivity contribution in [2.24, 2.45) is 0 Å². The van der Waals surface area contributed by atoms with Crippen LogP contribution in [0, 0.1) is 6.92 Å². The number of pyridine rings is 1. The van der Waals surface area contributed by atoms with E-state index in [1.165, 1.54) is 19.2 Å². The summed E-state index contributed by atoms with van der Waals surface area (Å²) in [6.45, 7) is 3.75. The summed E-state index contributed by atoms with van der Waals surface area (Å²) in [6, 6.07) is 20.7. The van der Waals surface area contributed by atoms with Crippen LogP contribution < -0.4 is 18.7 Å². The van der Waals surface area contributed by atoms with Gasteiger partial charge in [-0.2, -0.15) is 0 Å². The Morgan fingerprint density at radius 3 is 2.22 bits per heavy atom. The SMILES string of the molecule is CCOC(=O)CN(c1cc(C)cc(OCCN(Cc2ccccc2)c2c(Cl)c(Cl)nc(Cl)c2Cl)c1)S(=O)(=O)c1ccccc1OC. The van der Waals surface area contributed by atoms with E-state index in [0.29, 0.717) is 23.5 Å². The molecule has 0 unspecified atom stereocenters. The molecule has 9 nitrogen and oxygen atoms in total. The minimum atomic E-state index is -4.28. The lowest BCUT2D eigenvalue weighted by Gasteiger charge is -2.28. The number of aryl methyl sites for hydroxylation is 1. The zero-order chi connectivity index (χ0) is 33.4. The second-order valence-electron chi connectivity index (χ2n) is 9.90. The van der Waals surface area contributed by atoms with Gasteiger partial charge >= 0.3 is 5.97 Å². The summed E-state index contributed by atoms with van der Waals surface area (Å²) in [5.41, 5.74) is 2.26. The molecule has 0 saturated heterocycles. The molecule has 0 aliphatic heterocycles. The Kier molecular flexibility index (Phi) is 12.3. The summed E-state index contributed by atoms with van der Waals surface area (Å²) < 4.78 is 45.5. The Balaban J connectivity index is 1.66. The molecule has 0 atom stereocenters. The molecule has 46 heavy (non-hydrogen) atoms. The Hall–Kier alpha value is -3.41. The number of sulfonamides is 1. The average molecular weight is 727 g/mol. The highest BCUT2D eigenvalue weighted by Gasteiger charge is 2.31. The molecule has 0 bridgehead atoms. The van der Waals surface area contributed by atoms with Gasteiger partial charge in [-0.25, -0.2) is 13.4 Å². The summed E-state index contributed by atoms with van der Waals surface area (Å²) in [6.07, 6.45) is 0. The number of rotatable bonds is 14. The van der Waals surface area contributed by atoms with Gasteiger partial charge in [0.1, 0.15) is 39.6 Å². The summed E-state index contributed by atoms with van der Waals surface area (Å²) in [4.78, 5) is 18.4. The normalized spacial score (nSPS) is 11.2. The van der Waals surface area contributed by atoms with E-state index in [2.05, 4.69) is 4.98 Å². The summed E-state index contributed by atoms with van der Waals surface area (Å²) in [5.74, 6) is -0.223. The van der Waals surface area contributed by atoms with Crippen LogP contribution in [0.1, 0.15) is 18.1 Å². The minimum Gasteiger partial charge on any atom is -0.495 e. The molecule has 3 aromatic carbocycles. The number of halogens is 4. The third-order valence-corrected chi connectivity index (χ3v) is 9.95. The number of para-hydroxylation sites is 1. The van der Waals surface area contributed by atoms with E-state index in [4.69, 9.17) is 60.6 Å². The first kappa shape index (κ1) is 35.4. The molecule has 0 amide bonds. The molecule has 0 spiro atoms. The number of hydrogen-bond donors (Lipinski definition) is 0. The highest BCUT2D eigenvalue weighted by Crippen LogP contribution is 2.42. The number of anilines is 2. The number of aromatic nitrogens is 1. The first-order chi connectivity index (χ1) is 22.0. The molecule has 0 aliphatic rings. The van der Waals surface area contributed by atoms with Crippen molar-refractivity contribution in [2.75, 3.05) is 42.6 Å². The molecule has 244 valence electrons. The first-order valence-corrected chi connectivity index (χ1v) is 17.0. The van der Waals surface area contributed by atoms with Gasteiger partial charge in [0.15, 0.2) is 10.3 Å². The molecule has 0 saturated carbocycles. The Morgan fingerprint density at radius 1 is 0.913 bits per heavy atom. The topological polar surface area (TPSA) is 98.3 Å². The summed E-state index contributed by atoms with van der Waals surface area (Å²) in [7, 11) is -2.91. The fourth-order valence-electron chi connectivity index (χ4n) is 4.65. The van der Waals surface area contributed by atoms with Gasteiger partial charge in [0.2, 0.25) is 0 Å². The van der Waals surface area contributed by atoms with Gasteiger partial charge in [-0.1, -0.05) is 88.9 Å². The van der Waals surface area contributed by atoms with Crippen molar-refractivity contribution in [3.05, 3.63) is 104 Å². The molecule has 0 aliphatic carbocycles. The van der Waals surface area contributed by atoms with Crippen molar-refractivity contribution in [1.29, 1.82) is 0 Å². The molecule has 0 radical (unpaired) electrons. The third kappa shape index (κ3) is 8.49. The van der Waals surface area contributed by atoms with Gasteiger partial charge in [0.25, 0.3) is 10.0 Å². The van der Waals surface area contributed by atoms with Crippen LogP contribution in [-0.4, -0.2) is 52.8 Å². The van der Waals surface area contributed by atoms with Crippen LogP contribution >= 0.6 is 46.4 Å². The van der Waals surface area contributed by atoms with E-state index < -0.39 is 22.5 Å². The molecular formula is C32H31Cl4N3O6S. The largest absolute Gasteiger partial charge is 0.495 e. The summed E-state index contributed by atoms with van der Waals surface area (Å²) in [5, 5.41) is 0.291. The van der Waals surface area contributed by atoms with Crippen LogP contribution in [0.2, 0.25) is 20.4 Å². The van der Waals surface area contributed by atoms with E-state index in [1.807, 2.05) is 35.2 Å². The predicted octanol–water partition coefficient (Wildman–Crippen LogP) is 7.86. The van der Waals surface area contributed by atoms with E-state index in [0.717, 1.165) is 9.87 Å². The molecule has 0 fully saturated rings. The maximum atomic E-state index is 14.0. The quantitative estimate of drug-likeness (QED) is 0.0958. The molecule has 1 heterocycles. The van der Waals surface area contributed by atoms with E-state index >= 15 is 0 Å². The van der Waals surface area contributed by atoms with Crippen molar-refractivity contribution in [1.82, 2.24) is 4.98 Å². The second-order valence-corrected chi connectivity index (χ2v) is 13.2. The maximum absolute atomic E-state index is 14.0. The standard InChI is InChI=1S/C32H31Cl4N3O6S/c1-4-44-27(40)20-39(46(41,42)26-13-9-8-12-25(26)43-3)23-16-21(2)17-24(18-23)45-15-14-38(19-22-10-6-5-7-11-22)30-28(33)31(35)37-32(36)29(30)34/h5-13,16-18H,4,14-15,19-20H2,1-3H3. The lowest BCUT2D eigenvalue weighted by Crippen LogP contribution is -2.37. The monoisotopic (exact) mass is 725 g/mol. The number of methoxy groups -OCH3 is 1. The number of esters is 1. The molecule has 1 aromatic heterocycles. The Bertz CT molecular complexity index is 1770. The van der Waals surface area contributed by atoms with E-state index in [9.17, 15) is 13.2 Å². The van der Waals surface area contributed by atoms with E-state index in [-0.39, 0.29) is 56.4 Å². The highest BCUT2D eigenvalue weighted by molar-refractivity contribution is 7.93. The number of nitrogens with zero attached hydrogens (tertiary/aromatic N) is 3. The van der Waals surface area contributed by atoms with Crippen LogP contribution in [-0.2, 0) is 26.1 Å². The molecule has 14 heteroatoms. The first-order valence-electron chi connectivity index (χ1n) is 14.0. The number of carbonyl (C=O) groups is 1. The van der Waals surface area contributed by atoms with Crippen LogP contribution in [0.15, 0.2) is 77.7 Å².